The molecule has 0 atom stereocenters. The summed E-state index contributed by atoms with van der Waals surface area (Å²) in [4.78, 5) is 12.7. The van der Waals surface area contributed by atoms with Crippen LogP contribution in [-0.2, 0) is 4.79 Å². The number of nitrogens with one attached hydrogen (secondary N) is 1. The number of benzene rings is 3. The van der Waals surface area contributed by atoms with E-state index in [1.54, 1.807) is 38.7 Å². The highest BCUT2D eigenvalue weighted by Crippen LogP contribution is 2.38. The van der Waals surface area contributed by atoms with Crippen molar-refractivity contribution in [1.29, 1.82) is 0 Å². The van der Waals surface area contributed by atoms with Crippen LogP contribution in [0.1, 0.15) is 18.1 Å². The van der Waals surface area contributed by atoms with E-state index in [1.165, 1.54) is 0 Å². The van der Waals surface area contributed by atoms with Gasteiger partial charge in [-0.1, -0.05) is 29.8 Å². The fraction of sp³-hybridized carbons (Fsp3) is 0.148. The number of furan rings is 1. The molecule has 0 aliphatic rings. The van der Waals surface area contributed by atoms with Crippen molar-refractivity contribution < 1.29 is 18.7 Å². The molecule has 1 heterocycles. The van der Waals surface area contributed by atoms with Gasteiger partial charge in [0.1, 0.15) is 17.1 Å². The Labute approximate surface area is 197 Å². The zero-order valence-electron chi connectivity index (χ0n) is 18.9. The second-order valence-corrected chi connectivity index (χ2v) is 8.14. The van der Waals surface area contributed by atoms with Crippen LogP contribution >= 0.6 is 11.6 Å². The van der Waals surface area contributed by atoms with Crippen LogP contribution in [0.5, 0.6) is 11.5 Å². The number of hydrogen-bond donors (Lipinski definition) is 1. The van der Waals surface area contributed by atoms with E-state index < -0.39 is 0 Å². The third kappa shape index (κ3) is 4.73. The van der Waals surface area contributed by atoms with Crippen molar-refractivity contribution in [2.45, 2.75) is 13.8 Å². The Morgan fingerprint density at radius 2 is 1.88 bits per heavy atom. The van der Waals surface area contributed by atoms with Crippen LogP contribution in [0.25, 0.3) is 27.7 Å². The Balaban J connectivity index is 1.72. The van der Waals surface area contributed by atoms with Crippen LogP contribution in [0.3, 0.4) is 0 Å². The van der Waals surface area contributed by atoms with Crippen LogP contribution in [0.2, 0.25) is 5.02 Å². The van der Waals surface area contributed by atoms with Crippen molar-refractivity contribution in [3.63, 3.8) is 0 Å². The number of amides is 1. The summed E-state index contributed by atoms with van der Waals surface area (Å²) in [5, 5.41) is 4.38. The van der Waals surface area contributed by atoms with Gasteiger partial charge in [0.25, 0.3) is 0 Å². The molecule has 33 heavy (non-hydrogen) atoms. The lowest BCUT2D eigenvalue weighted by atomic mass is 9.99. The van der Waals surface area contributed by atoms with Gasteiger partial charge in [-0.25, -0.2) is 0 Å². The molecule has 0 fully saturated rings. The SMILES string of the molecule is COc1cccc(-c2coc3cc(OC)c(/C(C)=C/C(=O)Nc4cc(Cl)ccc4C)cc23)c1. The zero-order chi connectivity index (χ0) is 23.5. The summed E-state index contributed by atoms with van der Waals surface area (Å²) in [6.45, 7) is 3.79. The largest absolute Gasteiger partial charge is 0.497 e. The number of ether oxygens (including phenoxy) is 2. The van der Waals surface area contributed by atoms with Crippen molar-refractivity contribution in [3.8, 4) is 22.6 Å². The van der Waals surface area contributed by atoms with E-state index in [9.17, 15) is 4.79 Å². The monoisotopic (exact) mass is 461 g/mol. The molecule has 1 aromatic heterocycles. The topological polar surface area (TPSA) is 60.7 Å². The molecule has 0 aliphatic heterocycles. The second kappa shape index (κ2) is 9.43. The summed E-state index contributed by atoms with van der Waals surface area (Å²) >= 11 is 6.07. The number of rotatable bonds is 6. The fourth-order valence-corrected chi connectivity index (χ4v) is 3.89. The molecule has 0 bridgehead atoms. The summed E-state index contributed by atoms with van der Waals surface area (Å²) in [5.74, 6) is 1.13. The number of anilines is 1. The van der Waals surface area contributed by atoms with Crippen molar-refractivity contribution in [2.24, 2.45) is 0 Å². The molecule has 4 rings (SSSR count). The summed E-state index contributed by atoms with van der Waals surface area (Å²) < 4.78 is 16.8. The van der Waals surface area contributed by atoms with Gasteiger partial charge in [-0.2, -0.15) is 0 Å². The number of carbonyl (C=O) groups excluding carboxylic acids is 1. The summed E-state index contributed by atoms with van der Waals surface area (Å²) in [5.41, 5.74) is 5.75. The molecule has 6 heteroatoms. The number of halogens is 1. The maximum atomic E-state index is 12.7. The number of fused-ring (bicyclic) bond motifs is 1. The lowest BCUT2D eigenvalue weighted by molar-refractivity contribution is -0.111. The molecule has 0 saturated carbocycles. The minimum Gasteiger partial charge on any atom is -0.497 e. The average Bonchev–Trinajstić information content (AvgIpc) is 3.23. The molecule has 0 spiro atoms. The lowest BCUT2D eigenvalue weighted by Gasteiger charge is -2.11. The van der Waals surface area contributed by atoms with Crippen molar-refractivity contribution in [1.82, 2.24) is 0 Å². The Hall–Kier alpha value is -3.70. The van der Waals surface area contributed by atoms with Gasteiger partial charge in [0.05, 0.1) is 20.5 Å². The predicted molar refractivity (Wildman–Crippen MR) is 133 cm³/mol. The molecule has 0 aliphatic carbocycles. The van der Waals surface area contributed by atoms with E-state index in [4.69, 9.17) is 25.5 Å². The summed E-state index contributed by atoms with van der Waals surface area (Å²) in [6, 6.07) is 17.0. The molecule has 5 nitrogen and oxygen atoms in total. The van der Waals surface area contributed by atoms with Crippen LogP contribution in [0.15, 0.2) is 71.4 Å². The van der Waals surface area contributed by atoms with Crippen LogP contribution in [-0.4, -0.2) is 20.1 Å². The first-order valence-corrected chi connectivity index (χ1v) is 10.8. The maximum absolute atomic E-state index is 12.7. The van der Waals surface area contributed by atoms with Gasteiger partial charge in [0, 0.05) is 39.4 Å². The van der Waals surface area contributed by atoms with Gasteiger partial charge in [0.15, 0.2) is 0 Å². The smallest absolute Gasteiger partial charge is 0.248 e. The van der Waals surface area contributed by atoms with Gasteiger partial charge in [0.2, 0.25) is 5.91 Å². The van der Waals surface area contributed by atoms with Crippen LogP contribution in [0, 0.1) is 6.92 Å². The predicted octanol–water partition coefficient (Wildman–Crippen LogP) is 7.12. The fourth-order valence-electron chi connectivity index (χ4n) is 3.72. The Kier molecular flexibility index (Phi) is 6.43. The quantitative estimate of drug-likeness (QED) is 0.310. The highest BCUT2D eigenvalue weighted by atomic mass is 35.5. The Morgan fingerprint density at radius 1 is 1.06 bits per heavy atom. The van der Waals surface area contributed by atoms with Gasteiger partial charge >= 0.3 is 0 Å². The van der Waals surface area contributed by atoms with Gasteiger partial charge < -0.3 is 19.2 Å². The molecule has 3 aromatic carbocycles. The summed E-state index contributed by atoms with van der Waals surface area (Å²) in [6.07, 6.45) is 3.27. The molecule has 4 aromatic rings. The van der Waals surface area contributed by atoms with E-state index in [2.05, 4.69) is 5.32 Å². The van der Waals surface area contributed by atoms with Crippen molar-refractivity contribution in [3.05, 3.63) is 83.1 Å². The molecule has 0 unspecified atom stereocenters. The lowest BCUT2D eigenvalue weighted by Crippen LogP contribution is -2.09. The van der Waals surface area contributed by atoms with E-state index in [1.807, 2.05) is 56.3 Å². The summed E-state index contributed by atoms with van der Waals surface area (Å²) in [7, 11) is 3.24. The maximum Gasteiger partial charge on any atom is 0.248 e. The van der Waals surface area contributed by atoms with E-state index in [0.29, 0.717) is 22.0 Å². The Morgan fingerprint density at radius 3 is 2.64 bits per heavy atom. The minimum absolute atomic E-state index is 0.250. The average molecular weight is 462 g/mol. The number of allylic oxidation sites excluding steroid dienone is 1. The molecule has 1 N–H and O–H groups in total. The molecule has 0 saturated heterocycles. The van der Waals surface area contributed by atoms with E-state index >= 15 is 0 Å². The van der Waals surface area contributed by atoms with Crippen LogP contribution < -0.4 is 14.8 Å². The number of aryl methyl sites for hydroxylation is 1. The first-order valence-electron chi connectivity index (χ1n) is 10.4. The molecular weight excluding hydrogens is 438 g/mol. The number of methoxy groups -OCH3 is 2. The number of carbonyl (C=O) groups is 1. The molecule has 168 valence electrons. The van der Waals surface area contributed by atoms with E-state index in [0.717, 1.165) is 39.0 Å². The van der Waals surface area contributed by atoms with Crippen LogP contribution in [0.4, 0.5) is 5.69 Å². The zero-order valence-corrected chi connectivity index (χ0v) is 19.6. The first kappa shape index (κ1) is 22.5. The van der Waals surface area contributed by atoms with Crippen molar-refractivity contribution >= 4 is 39.7 Å². The molecule has 1 amide bonds. The Bertz CT molecular complexity index is 1370. The molecular formula is C27H24ClNO4. The minimum atomic E-state index is -0.250. The highest BCUT2D eigenvalue weighted by Gasteiger charge is 2.15. The van der Waals surface area contributed by atoms with Gasteiger partial charge in [-0.15, -0.1) is 0 Å². The normalized spacial score (nSPS) is 11.5. The highest BCUT2D eigenvalue weighted by molar-refractivity contribution is 6.31. The third-order valence-corrected chi connectivity index (χ3v) is 5.74. The van der Waals surface area contributed by atoms with Crippen molar-refractivity contribution in [2.75, 3.05) is 19.5 Å². The van der Waals surface area contributed by atoms with Gasteiger partial charge in [-0.05, 0) is 60.9 Å². The van der Waals surface area contributed by atoms with Gasteiger partial charge in [-0.3, -0.25) is 4.79 Å². The molecule has 0 radical (unpaired) electrons. The van der Waals surface area contributed by atoms with E-state index in [-0.39, 0.29) is 5.91 Å². The first-order chi connectivity index (χ1) is 15.9. The number of hydrogen-bond acceptors (Lipinski definition) is 4. The standard InChI is InChI=1S/C27H24ClNO4/c1-16-8-9-19(28)12-24(16)29-27(30)10-17(2)21-13-22-23(15-33-26(22)14-25(21)32-4)18-6-5-7-20(11-18)31-3/h5-15H,1-4H3,(H,29,30)/b17-10+. The second-order valence-electron chi connectivity index (χ2n) is 7.71. The third-order valence-electron chi connectivity index (χ3n) is 5.51.